The van der Waals surface area contributed by atoms with Crippen molar-refractivity contribution in [2.45, 2.75) is 27.2 Å². The van der Waals surface area contributed by atoms with E-state index >= 15 is 0 Å². The van der Waals surface area contributed by atoms with E-state index < -0.39 is 0 Å². The molecular weight excluding hydrogens is 148 g/mol. The van der Waals surface area contributed by atoms with Gasteiger partial charge in [0.25, 0.3) is 0 Å². The highest BCUT2D eigenvalue weighted by molar-refractivity contribution is 5.76. The summed E-state index contributed by atoms with van der Waals surface area (Å²) in [5.74, 6) is 0.732. The van der Waals surface area contributed by atoms with Gasteiger partial charge < -0.3 is 0 Å². The van der Waals surface area contributed by atoms with Crippen molar-refractivity contribution < 1.29 is 4.79 Å². The van der Waals surface area contributed by atoms with Gasteiger partial charge in [-0.15, -0.1) is 0 Å². The SMILES string of the molecule is CC(=O)CC1(C)C=CC=CC1C. The van der Waals surface area contributed by atoms with E-state index in [-0.39, 0.29) is 11.2 Å². The van der Waals surface area contributed by atoms with E-state index in [1.807, 2.05) is 12.2 Å². The van der Waals surface area contributed by atoms with Crippen LogP contribution in [0.1, 0.15) is 27.2 Å². The van der Waals surface area contributed by atoms with Crippen molar-refractivity contribution >= 4 is 5.78 Å². The number of Topliss-reactive ketones (excluding diaryl/α,β-unsaturated/α-hetero) is 1. The highest BCUT2D eigenvalue weighted by atomic mass is 16.1. The van der Waals surface area contributed by atoms with Crippen LogP contribution in [0.5, 0.6) is 0 Å². The molecule has 2 atom stereocenters. The van der Waals surface area contributed by atoms with E-state index in [0.717, 1.165) is 0 Å². The van der Waals surface area contributed by atoms with Gasteiger partial charge in [-0.3, -0.25) is 4.79 Å². The Hall–Kier alpha value is -0.850. The summed E-state index contributed by atoms with van der Waals surface area (Å²) in [6.07, 6.45) is 9.02. The van der Waals surface area contributed by atoms with Crippen molar-refractivity contribution in [2.24, 2.45) is 11.3 Å². The average molecular weight is 164 g/mol. The molecule has 0 heterocycles. The largest absolute Gasteiger partial charge is 0.300 e. The molecule has 0 aromatic rings. The summed E-state index contributed by atoms with van der Waals surface area (Å²) in [4.78, 5) is 11.0. The van der Waals surface area contributed by atoms with E-state index in [0.29, 0.717) is 12.3 Å². The first-order valence-electron chi connectivity index (χ1n) is 4.40. The zero-order valence-corrected chi connectivity index (χ0v) is 8.00. The number of allylic oxidation sites excluding steroid dienone is 4. The number of hydrogen-bond donors (Lipinski definition) is 0. The van der Waals surface area contributed by atoms with E-state index in [1.165, 1.54) is 0 Å². The lowest BCUT2D eigenvalue weighted by Gasteiger charge is -2.31. The summed E-state index contributed by atoms with van der Waals surface area (Å²) in [5.41, 5.74) is 0.0422. The monoisotopic (exact) mass is 164 g/mol. The average Bonchev–Trinajstić information content (AvgIpc) is 1.94. The maximum Gasteiger partial charge on any atom is 0.130 e. The minimum Gasteiger partial charge on any atom is -0.300 e. The molecule has 66 valence electrons. The van der Waals surface area contributed by atoms with Crippen molar-refractivity contribution in [1.29, 1.82) is 0 Å². The van der Waals surface area contributed by atoms with Gasteiger partial charge in [0.05, 0.1) is 0 Å². The number of hydrogen-bond acceptors (Lipinski definition) is 1. The molecule has 1 aliphatic carbocycles. The molecule has 0 aliphatic heterocycles. The summed E-state index contributed by atoms with van der Waals surface area (Å²) >= 11 is 0. The molecule has 1 heteroatoms. The quantitative estimate of drug-likeness (QED) is 0.613. The van der Waals surface area contributed by atoms with Crippen LogP contribution in [0.25, 0.3) is 0 Å². The summed E-state index contributed by atoms with van der Waals surface area (Å²) in [6, 6.07) is 0. The molecule has 1 nitrogen and oxygen atoms in total. The first-order chi connectivity index (χ1) is 5.54. The van der Waals surface area contributed by atoms with Crippen molar-refractivity contribution in [1.82, 2.24) is 0 Å². The van der Waals surface area contributed by atoms with Crippen molar-refractivity contribution in [3.8, 4) is 0 Å². The summed E-state index contributed by atoms with van der Waals surface area (Å²) in [7, 11) is 0. The first-order valence-corrected chi connectivity index (χ1v) is 4.40. The van der Waals surface area contributed by atoms with Gasteiger partial charge in [-0.25, -0.2) is 0 Å². The third-order valence-electron chi connectivity index (χ3n) is 2.66. The molecule has 12 heavy (non-hydrogen) atoms. The normalized spacial score (nSPS) is 33.8. The van der Waals surface area contributed by atoms with Gasteiger partial charge in [0, 0.05) is 6.42 Å². The van der Waals surface area contributed by atoms with E-state index in [9.17, 15) is 4.79 Å². The van der Waals surface area contributed by atoms with Crippen molar-refractivity contribution in [2.75, 3.05) is 0 Å². The fraction of sp³-hybridized carbons (Fsp3) is 0.545. The minimum absolute atomic E-state index is 0.0422. The predicted octanol–water partition coefficient (Wildman–Crippen LogP) is 2.73. The Morgan fingerprint density at radius 2 is 2.17 bits per heavy atom. The smallest absolute Gasteiger partial charge is 0.130 e. The highest BCUT2D eigenvalue weighted by Gasteiger charge is 2.29. The summed E-state index contributed by atoms with van der Waals surface area (Å²) < 4.78 is 0. The minimum atomic E-state index is 0.0422. The standard InChI is InChI=1S/C11H16O/c1-9-6-4-5-7-11(9,3)8-10(2)12/h4-7,9H,8H2,1-3H3. The van der Waals surface area contributed by atoms with Crippen LogP contribution in [0.2, 0.25) is 0 Å². The second-order valence-electron chi connectivity index (χ2n) is 3.92. The van der Waals surface area contributed by atoms with E-state index in [2.05, 4.69) is 26.0 Å². The molecule has 2 unspecified atom stereocenters. The Balaban J connectivity index is 2.76. The Labute approximate surface area is 74.2 Å². The molecule has 1 rings (SSSR count). The van der Waals surface area contributed by atoms with Gasteiger partial charge >= 0.3 is 0 Å². The maximum atomic E-state index is 11.0. The number of carbonyl (C=O) groups is 1. The van der Waals surface area contributed by atoms with Gasteiger partial charge in [0.15, 0.2) is 0 Å². The second kappa shape index (κ2) is 3.26. The molecule has 0 fully saturated rings. The molecule has 0 saturated carbocycles. The lowest BCUT2D eigenvalue weighted by atomic mass is 9.72. The maximum absolute atomic E-state index is 11.0. The van der Waals surface area contributed by atoms with Gasteiger partial charge in [-0.2, -0.15) is 0 Å². The van der Waals surface area contributed by atoms with Gasteiger partial charge in [-0.1, -0.05) is 38.2 Å². The van der Waals surface area contributed by atoms with Crippen LogP contribution in [0.15, 0.2) is 24.3 Å². The molecule has 0 aromatic carbocycles. The predicted molar refractivity (Wildman–Crippen MR) is 50.8 cm³/mol. The van der Waals surface area contributed by atoms with Gasteiger partial charge in [0.2, 0.25) is 0 Å². The fourth-order valence-electron chi connectivity index (χ4n) is 1.63. The summed E-state index contributed by atoms with van der Waals surface area (Å²) in [6.45, 7) is 5.95. The van der Waals surface area contributed by atoms with Crippen LogP contribution in [0.4, 0.5) is 0 Å². The zero-order chi connectivity index (χ0) is 9.19. The molecule has 0 spiro atoms. The highest BCUT2D eigenvalue weighted by Crippen LogP contribution is 2.36. The van der Waals surface area contributed by atoms with Crippen LogP contribution in [-0.4, -0.2) is 5.78 Å². The number of ketones is 1. The molecule has 0 amide bonds. The first kappa shape index (κ1) is 9.24. The Morgan fingerprint density at radius 3 is 2.67 bits per heavy atom. The molecule has 0 N–H and O–H groups in total. The van der Waals surface area contributed by atoms with Gasteiger partial charge in [0.1, 0.15) is 5.78 Å². The van der Waals surface area contributed by atoms with Crippen LogP contribution in [0, 0.1) is 11.3 Å². The van der Waals surface area contributed by atoms with Gasteiger partial charge in [-0.05, 0) is 18.3 Å². The third-order valence-corrected chi connectivity index (χ3v) is 2.66. The lowest BCUT2D eigenvalue weighted by molar-refractivity contribution is -0.118. The second-order valence-corrected chi connectivity index (χ2v) is 3.92. The molecule has 1 aliphatic rings. The number of carbonyl (C=O) groups excluding carboxylic acids is 1. The van der Waals surface area contributed by atoms with E-state index in [4.69, 9.17) is 0 Å². The molecule has 0 saturated heterocycles. The Morgan fingerprint density at radius 1 is 1.50 bits per heavy atom. The molecular formula is C11H16O. The van der Waals surface area contributed by atoms with Crippen LogP contribution in [-0.2, 0) is 4.79 Å². The Kier molecular flexibility index (Phi) is 2.51. The number of rotatable bonds is 2. The van der Waals surface area contributed by atoms with Crippen LogP contribution < -0.4 is 0 Å². The fourth-order valence-corrected chi connectivity index (χ4v) is 1.63. The molecule has 0 aromatic heterocycles. The van der Waals surface area contributed by atoms with Crippen LogP contribution in [0.3, 0.4) is 0 Å². The van der Waals surface area contributed by atoms with Crippen LogP contribution >= 0.6 is 0 Å². The molecule has 0 bridgehead atoms. The third kappa shape index (κ3) is 1.84. The summed E-state index contributed by atoms with van der Waals surface area (Å²) in [5, 5.41) is 0. The van der Waals surface area contributed by atoms with E-state index in [1.54, 1.807) is 6.92 Å². The lowest BCUT2D eigenvalue weighted by Crippen LogP contribution is -2.25. The Bertz CT molecular complexity index is 237. The molecule has 0 radical (unpaired) electrons. The van der Waals surface area contributed by atoms with Crippen molar-refractivity contribution in [3.05, 3.63) is 24.3 Å². The topological polar surface area (TPSA) is 17.1 Å². The van der Waals surface area contributed by atoms with Crippen molar-refractivity contribution in [3.63, 3.8) is 0 Å². The zero-order valence-electron chi connectivity index (χ0n) is 8.00.